The molecule has 6 heteroatoms. The van der Waals surface area contributed by atoms with E-state index < -0.39 is 5.97 Å². The second-order valence-corrected chi connectivity index (χ2v) is 7.54. The van der Waals surface area contributed by atoms with E-state index in [0.29, 0.717) is 28.3 Å². The highest BCUT2D eigenvalue weighted by Crippen LogP contribution is 2.29. The fourth-order valence-electron chi connectivity index (χ4n) is 3.58. The van der Waals surface area contributed by atoms with Gasteiger partial charge in [-0.3, -0.25) is 0 Å². The summed E-state index contributed by atoms with van der Waals surface area (Å²) in [5.74, 6) is 0.274. The van der Waals surface area contributed by atoms with Crippen molar-refractivity contribution in [3.63, 3.8) is 0 Å². The highest BCUT2D eigenvalue weighted by atomic mass is 79.9. The second kappa shape index (κ2) is 10.1. The average molecular weight is 413 g/mol. The van der Waals surface area contributed by atoms with Crippen LogP contribution in [0, 0.1) is 5.92 Å². The molecule has 1 saturated carbocycles. The molecule has 1 unspecified atom stereocenters. The number of hydrogen-bond donors (Lipinski definition) is 3. The number of benzene rings is 1. The highest BCUT2D eigenvalue weighted by molar-refractivity contribution is 9.10. The van der Waals surface area contributed by atoms with Gasteiger partial charge in [-0.05, 0) is 58.8 Å². The molecule has 0 amide bonds. The molecular weight excluding hydrogens is 384 g/mol. The number of aliphatic hydroxyl groups excluding tert-OH is 1. The van der Waals surface area contributed by atoms with Crippen LogP contribution >= 0.6 is 15.9 Å². The van der Waals surface area contributed by atoms with Crippen LogP contribution in [0.15, 0.2) is 16.6 Å². The summed E-state index contributed by atoms with van der Waals surface area (Å²) in [5, 5.41) is 12.4. The Morgan fingerprint density at radius 3 is 2.76 bits per heavy atom. The number of nitrogen functional groups attached to an aromatic ring is 1. The van der Waals surface area contributed by atoms with E-state index in [2.05, 4.69) is 28.2 Å². The van der Waals surface area contributed by atoms with Crippen molar-refractivity contribution in [3.8, 4) is 0 Å². The first-order valence-electron chi connectivity index (χ1n) is 9.16. The largest absolute Gasteiger partial charge is 0.460 e. The maximum Gasteiger partial charge on any atom is 0.338 e. The first-order valence-corrected chi connectivity index (χ1v) is 9.95. The lowest BCUT2D eigenvalue weighted by Crippen LogP contribution is -2.36. The van der Waals surface area contributed by atoms with E-state index in [1.165, 1.54) is 32.1 Å². The van der Waals surface area contributed by atoms with Crippen LogP contribution in [0.25, 0.3) is 0 Å². The zero-order valence-electron chi connectivity index (χ0n) is 14.9. The molecule has 1 aliphatic carbocycles. The number of carbonyl (C=O) groups is 1. The van der Waals surface area contributed by atoms with Crippen LogP contribution in [-0.2, 0) is 11.3 Å². The third kappa shape index (κ3) is 5.69. The zero-order valence-corrected chi connectivity index (χ0v) is 16.5. The van der Waals surface area contributed by atoms with E-state index in [1.807, 2.05) is 0 Å². The number of hydrogen-bond acceptors (Lipinski definition) is 5. The van der Waals surface area contributed by atoms with Crippen molar-refractivity contribution in [2.45, 2.75) is 58.0 Å². The second-order valence-electron chi connectivity index (χ2n) is 6.68. The molecule has 0 aliphatic heterocycles. The van der Waals surface area contributed by atoms with Gasteiger partial charge < -0.3 is 20.9 Å². The fourth-order valence-corrected chi connectivity index (χ4v) is 4.08. The topological polar surface area (TPSA) is 84.6 Å². The molecule has 0 heterocycles. The first kappa shape index (κ1) is 20.2. The molecule has 2 rings (SSSR count). The molecule has 0 spiro atoms. The number of esters is 1. The minimum Gasteiger partial charge on any atom is -0.460 e. The van der Waals surface area contributed by atoms with Gasteiger partial charge in [0.1, 0.15) is 6.61 Å². The lowest BCUT2D eigenvalue weighted by atomic mass is 9.83. The van der Waals surface area contributed by atoms with E-state index in [4.69, 9.17) is 15.6 Å². The lowest BCUT2D eigenvalue weighted by Gasteiger charge is -2.30. The minimum atomic E-state index is -0.449. The monoisotopic (exact) mass is 412 g/mol. The molecule has 1 aliphatic rings. The van der Waals surface area contributed by atoms with Gasteiger partial charge >= 0.3 is 5.97 Å². The maximum atomic E-state index is 12.0. The molecule has 0 saturated heterocycles. The van der Waals surface area contributed by atoms with Gasteiger partial charge in [-0.1, -0.05) is 26.2 Å². The Balaban J connectivity index is 2.06. The molecule has 0 aromatic heterocycles. The van der Waals surface area contributed by atoms with Crippen molar-refractivity contribution in [1.29, 1.82) is 0 Å². The van der Waals surface area contributed by atoms with Crippen LogP contribution in [0.4, 0.5) is 5.69 Å². The molecule has 140 valence electrons. The van der Waals surface area contributed by atoms with Gasteiger partial charge in [0.15, 0.2) is 0 Å². The van der Waals surface area contributed by atoms with Gasteiger partial charge in [0.2, 0.25) is 0 Å². The minimum absolute atomic E-state index is 0.00595. The summed E-state index contributed by atoms with van der Waals surface area (Å²) >= 11 is 3.42. The Morgan fingerprint density at radius 1 is 1.40 bits per heavy atom. The Bertz CT molecular complexity index is 574. The molecule has 25 heavy (non-hydrogen) atoms. The van der Waals surface area contributed by atoms with Crippen molar-refractivity contribution in [3.05, 3.63) is 27.7 Å². The molecule has 0 bridgehead atoms. The molecule has 4 N–H and O–H groups in total. The van der Waals surface area contributed by atoms with Crippen LogP contribution in [0.1, 0.15) is 61.4 Å². The van der Waals surface area contributed by atoms with Crippen molar-refractivity contribution in [1.82, 2.24) is 5.32 Å². The summed E-state index contributed by atoms with van der Waals surface area (Å²) in [7, 11) is 0. The molecule has 1 fully saturated rings. The number of ether oxygens (including phenoxy) is 1. The molecular formula is C19H29BrN2O3. The maximum absolute atomic E-state index is 12.0. The summed E-state index contributed by atoms with van der Waals surface area (Å²) in [6.07, 6.45) is 7.66. The van der Waals surface area contributed by atoms with E-state index in [0.717, 1.165) is 17.9 Å². The molecule has 1 aromatic rings. The number of anilines is 1. The van der Waals surface area contributed by atoms with E-state index in [9.17, 15) is 4.79 Å². The molecule has 5 nitrogen and oxygen atoms in total. The third-order valence-electron chi connectivity index (χ3n) is 4.99. The predicted octanol–water partition coefficient (Wildman–Crippen LogP) is 3.63. The fraction of sp³-hybridized carbons (Fsp3) is 0.632. The van der Waals surface area contributed by atoms with Crippen molar-refractivity contribution < 1.29 is 14.6 Å². The number of halogens is 1. The molecule has 0 radical (unpaired) electrons. The molecule has 1 aromatic carbocycles. The number of aliphatic hydroxyl groups is 1. The molecule has 1 atom stereocenters. The van der Waals surface area contributed by atoms with Crippen LogP contribution in [0.2, 0.25) is 0 Å². The quantitative estimate of drug-likeness (QED) is 0.448. The van der Waals surface area contributed by atoms with Crippen molar-refractivity contribution in [2.75, 3.05) is 18.9 Å². The summed E-state index contributed by atoms with van der Waals surface area (Å²) in [6, 6.07) is 3.92. The van der Waals surface area contributed by atoms with Gasteiger partial charge in [0.25, 0.3) is 0 Å². The number of carbonyl (C=O) groups excluding carboxylic acids is 1. The standard InChI is InChI=1S/C19H29BrN2O3/c1-2-17(13-6-4-3-5-7-13)22-12-15-10-14(11-16(20)18(15)21)19(24)25-9-8-23/h10-11,13,17,22-23H,2-9,12,21H2,1H3. The smallest absolute Gasteiger partial charge is 0.338 e. The van der Waals surface area contributed by atoms with Gasteiger partial charge in [-0.25, -0.2) is 4.79 Å². The van der Waals surface area contributed by atoms with Gasteiger partial charge in [0.05, 0.1) is 17.9 Å². The Kier molecular flexibility index (Phi) is 8.19. The number of nitrogens with one attached hydrogen (secondary N) is 1. The SMILES string of the molecule is CCC(NCc1cc(C(=O)OCCO)cc(Br)c1N)C1CCCCC1. The van der Waals surface area contributed by atoms with Crippen LogP contribution in [-0.4, -0.2) is 30.3 Å². The summed E-state index contributed by atoms with van der Waals surface area (Å²) in [5.41, 5.74) is 8.15. The summed E-state index contributed by atoms with van der Waals surface area (Å²) in [4.78, 5) is 12.0. The van der Waals surface area contributed by atoms with E-state index in [-0.39, 0.29) is 13.2 Å². The van der Waals surface area contributed by atoms with Gasteiger partial charge in [0, 0.05) is 17.1 Å². The van der Waals surface area contributed by atoms with Gasteiger partial charge in [-0.15, -0.1) is 0 Å². The van der Waals surface area contributed by atoms with Crippen LogP contribution < -0.4 is 11.1 Å². The Labute approximate surface area is 158 Å². The Morgan fingerprint density at radius 2 is 2.12 bits per heavy atom. The van der Waals surface area contributed by atoms with E-state index in [1.54, 1.807) is 12.1 Å². The summed E-state index contributed by atoms with van der Waals surface area (Å²) in [6.45, 7) is 2.65. The first-order chi connectivity index (χ1) is 12.1. The van der Waals surface area contributed by atoms with Crippen LogP contribution in [0.5, 0.6) is 0 Å². The van der Waals surface area contributed by atoms with Crippen molar-refractivity contribution in [2.24, 2.45) is 5.92 Å². The van der Waals surface area contributed by atoms with E-state index >= 15 is 0 Å². The predicted molar refractivity (Wildman–Crippen MR) is 103 cm³/mol. The highest BCUT2D eigenvalue weighted by Gasteiger charge is 2.22. The third-order valence-corrected chi connectivity index (χ3v) is 5.64. The zero-order chi connectivity index (χ0) is 18.2. The average Bonchev–Trinajstić information content (AvgIpc) is 2.64. The van der Waals surface area contributed by atoms with Crippen LogP contribution in [0.3, 0.4) is 0 Å². The summed E-state index contributed by atoms with van der Waals surface area (Å²) < 4.78 is 5.69. The van der Waals surface area contributed by atoms with Gasteiger partial charge in [-0.2, -0.15) is 0 Å². The number of rotatable bonds is 8. The van der Waals surface area contributed by atoms with Crippen molar-refractivity contribution >= 4 is 27.6 Å². The Hall–Kier alpha value is -1.11. The number of nitrogens with two attached hydrogens (primary N) is 1. The lowest BCUT2D eigenvalue weighted by molar-refractivity contribution is 0.0433. The normalized spacial score (nSPS) is 16.6.